The minimum Gasteiger partial charge on any atom is -0.387 e. The van der Waals surface area contributed by atoms with E-state index in [4.69, 9.17) is 4.74 Å². The van der Waals surface area contributed by atoms with Gasteiger partial charge in [-0.15, -0.1) is 0 Å². The van der Waals surface area contributed by atoms with Gasteiger partial charge < -0.3 is 14.9 Å². The molecule has 1 rings (SSSR count). The maximum absolute atomic E-state index is 10.5. The molecule has 0 unspecified atom stereocenters. The molecule has 0 radical (unpaired) electrons. The van der Waals surface area contributed by atoms with Crippen molar-refractivity contribution in [1.82, 2.24) is 0 Å². The van der Waals surface area contributed by atoms with Gasteiger partial charge in [0.05, 0.1) is 6.10 Å². The molecule has 4 nitrogen and oxygen atoms in total. The van der Waals surface area contributed by atoms with Crippen LogP contribution in [0.2, 0.25) is 0 Å². The highest BCUT2D eigenvalue weighted by atomic mass is 16.6. The van der Waals surface area contributed by atoms with Crippen LogP contribution in [0.25, 0.3) is 0 Å². The number of aliphatic hydroxyl groups is 2. The Morgan fingerprint density at radius 1 is 1.47 bits per heavy atom. The van der Waals surface area contributed by atoms with Crippen molar-refractivity contribution in [3.8, 4) is 0 Å². The Balaban J connectivity index is 3.03. The minimum atomic E-state index is -1.30. The van der Waals surface area contributed by atoms with Crippen molar-refractivity contribution in [3.63, 3.8) is 0 Å². The zero-order valence-electron chi connectivity index (χ0n) is 9.52. The van der Waals surface area contributed by atoms with Gasteiger partial charge in [-0.2, -0.15) is 0 Å². The third kappa shape index (κ3) is 1.97. The number of carbonyl (C=O) groups excluding carboxylic acids is 1. The standard InChI is InChI=1S/C11H18O4/c1-7(6-12)5-10(3)9(13)11(4,14)8(2)15-10/h5-6,8-9,13-14H,1-4H3/b7-5+/t8-,9+,10+,11+/m1/s1. The van der Waals surface area contributed by atoms with E-state index in [-0.39, 0.29) is 0 Å². The fourth-order valence-corrected chi connectivity index (χ4v) is 1.97. The molecule has 0 bridgehead atoms. The molecule has 1 heterocycles. The monoisotopic (exact) mass is 214 g/mol. The van der Waals surface area contributed by atoms with Gasteiger partial charge >= 0.3 is 0 Å². The predicted octanol–water partition coefficient (Wildman–Crippen LogP) is 0.421. The highest BCUT2D eigenvalue weighted by Crippen LogP contribution is 2.39. The van der Waals surface area contributed by atoms with Crippen LogP contribution in [0.3, 0.4) is 0 Å². The van der Waals surface area contributed by atoms with Crippen molar-refractivity contribution in [1.29, 1.82) is 0 Å². The molecule has 0 saturated carbocycles. The molecule has 4 atom stereocenters. The first-order valence-corrected chi connectivity index (χ1v) is 4.97. The lowest BCUT2D eigenvalue weighted by molar-refractivity contribution is -0.105. The van der Waals surface area contributed by atoms with E-state index in [2.05, 4.69) is 0 Å². The normalized spacial score (nSPS) is 46.9. The summed E-state index contributed by atoms with van der Waals surface area (Å²) in [6.45, 7) is 6.50. The first-order valence-electron chi connectivity index (χ1n) is 4.97. The Hall–Kier alpha value is -0.710. The number of carbonyl (C=O) groups is 1. The Kier molecular flexibility index (Phi) is 3.05. The number of allylic oxidation sites excluding steroid dienone is 1. The summed E-state index contributed by atoms with van der Waals surface area (Å²) in [5.41, 5.74) is -1.83. The van der Waals surface area contributed by atoms with E-state index in [9.17, 15) is 15.0 Å². The van der Waals surface area contributed by atoms with Crippen molar-refractivity contribution in [2.75, 3.05) is 0 Å². The van der Waals surface area contributed by atoms with Crippen LogP contribution < -0.4 is 0 Å². The van der Waals surface area contributed by atoms with Crippen molar-refractivity contribution in [3.05, 3.63) is 11.6 Å². The Morgan fingerprint density at radius 2 is 2.00 bits per heavy atom. The number of aliphatic hydroxyl groups excluding tert-OH is 1. The molecule has 15 heavy (non-hydrogen) atoms. The van der Waals surface area contributed by atoms with Gasteiger partial charge in [-0.05, 0) is 39.3 Å². The van der Waals surface area contributed by atoms with Crippen LogP contribution in [0.4, 0.5) is 0 Å². The van der Waals surface area contributed by atoms with E-state index in [1.165, 1.54) is 6.92 Å². The quantitative estimate of drug-likeness (QED) is 0.516. The van der Waals surface area contributed by atoms with Gasteiger partial charge in [-0.1, -0.05) is 0 Å². The molecule has 4 heteroatoms. The molecule has 1 saturated heterocycles. The van der Waals surface area contributed by atoms with E-state index in [1.807, 2.05) is 0 Å². The average Bonchev–Trinajstić information content (AvgIpc) is 2.28. The van der Waals surface area contributed by atoms with Crippen LogP contribution in [0, 0.1) is 0 Å². The lowest BCUT2D eigenvalue weighted by Crippen LogP contribution is -2.47. The third-order valence-corrected chi connectivity index (χ3v) is 3.05. The lowest BCUT2D eigenvalue weighted by Gasteiger charge is -2.28. The van der Waals surface area contributed by atoms with Gasteiger partial charge in [0.2, 0.25) is 0 Å². The van der Waals surface area contributed by atoms with Gasteiger partial charge in [0.1, 0.15) is 23.6 Å². The van der Waals surface area contributed by atoms with E-state index in [1.54, 1.807) is 26.8 Å². The summed E-state index contributed by atoms with van der Waals surface area (Å²) in [5.74, 6) is 0. The van der Waals surface area contributed by atoms with E-state index in [0.29, 0.717) is 11.9 Å². The average molecular weight is 214 g/mol. The van der Waals surface area contributed by atoms with Gasteiger partial charge in [0.15, 0.2) is 0 Å². The number of hydrogen-bond acceptors (Lipinski definition) is 4. The van der Waals surface area contributed by atoms with Gasteiger partial charge in [0.25, 0.3) is 0 Å². The molecule has 86 valence electrons. The molecular formula is C11H18O4. The number of aldehydes is 1. The van der Waals surface area contributed by atoms with Crippen molar-refractivity contribution >= 4 is 6.29 Å². The summed E-state index contributed by atoms with van der Waals surface area (Å²) in [5, 5.41) is 19.9. The molecule has 0 aromatic rings. The summed E-state index contributed by atoms with van der Waals surface area (Å²) >= 11 is 0. The third-order valence-electron chi connectivity index (χ3n) is 3.05. The molecule has 0 amide bonds. The minimum absolute atomic E-state index is 0.474. The maximum atomic E-state index is 10.5. The summed E-state index contributed by atoms with van der Waals surface area (Å²) in [7, 11) is 0. The molecule has 2 N–H and O–H groups in total. The Morgan fingerprint density at radius 3 is 2.33 bits per heavy atom. The van der Waals surface area contributed by atoms with E-state index >= 15 is 0 Å². The summed E-state index contributed by atoms with van der Waals surface area (Å²) in [4.78, 5) is 10.5. The lowest BCUT2D eigenvalue weighted by atomic mass is 9.86. The Labute approximate surface area is 89.6 Å². The van der Waals surface area contributed by atoms with E-state index in [0.717, 1.165) is 0 Å². The van der Waals surface area contributed by atoms with Crippen molar-refractivity contribution in [2.45, 2.75) is 51.1 Å². The zero-order valence-corrected chi connectivity index (χ0v) is 9.52. The van der Waals surface area contributed by atoms with Crippen LogP contribution in [-0.2, 0) is 9.53 Å². The Bertz CT molecular complexity index is 295. The second kappa shape index (κ2) is 3.70. The number of hydrogen-bond donors (Lipinski definition) is 2. The molecule has 0 aliphatic carbocycles. The van der Waals surface area contributed by atoms with Crippen molar-refractivity contribution in [2.24, 2.45) is 0 Å². The largest absolute Gasteiger partial charge is 0.387 e. The van der Waals surface area contributed by atoms with E-state index < -0.39 is 23.4 Å². The maximum Gasteiger partial charge on any atom is 0.145 e. The molecule has 1 aliphatic rings. The SMILES string of the molecule is C/C(C=O)=C\[C@]1(C)O[C@H](C)[C@](C)(O)[C@H]1O. The molecular weight excluding hydrogens is 196 g/mol. The van der Waals surface area contributed by atoms with Crippen LogP contribution in [0.15, 0.2) is 11.6 Å². The summed E-state index contributed by atoms with van der Waals surface area (Å²) in [6, 6.07) is 0. The summed E-state index contributed by atoms with van der Waals surface area (Å²) in [6.07, 6.45) is 0.713. The van der Waals surface area contributed by atoms with Crippen LogP contribution in [-0.4, -0.2) is 39.9 Å². The number of ether oxygens (including phenoxy) is 1. The highest BCUT2D eigenvalue weighted by molar-refractivity contribution is 5.72. The fraction of sp³-hybridized carbons (Fsp3) is 0.727. The van der Waals surface area contributed by atoms with Gasteiger partial charge in [-0.3, -0.25) is 4.79 Å². The van der Waals surface area contributed by atoms with Crippen LogP contribution >= 0.6 is 0 Å². The molecule has 0 spiro atoms. The second-order valence-corrected chi connectivity index (χ2v) is 4.58. The fourth-order valence-electron chi connectivity index (χ4n) is 1.97. The molecule has 1 fully saturated rings. The highest BCUT2D eigenvalue weighted by Gasteiger charge is 2.55. The second-order valence-electron chi connectivity index (χ2n) is 4.58. The molecule has 1 aliphatic heterocycles. The zero-order chi connectivity index (χ0) is 11.9. The predicted molar refractivity (Wildman–Crippen MR) is 55.4 cm³/mol. The first kappa shape index (κ1) is 12.4. The van der Waals surface area contributed by atoms with Crippen LogP contribution in [0.5, 0.6) is 0 Å². The smallest absolute Gasteiger partial charge is 0.145 e. The first-order chi connectivity index (χ1) is 6.74. The van der Waals surface area contributed by atoms with Crippen molar-refractivity contribution < 1.29 is 19.7 Å². The topological polar surface area (TPSA) is 66.8 Å². The van der Waals surface area contributed by atoms with Crippen LogP contribution in [0.1, 0.15) is 27.7 Å². The van der Waals surface area contributed by atoms with Gasteiger partial charge in [0, 0.05) is 0 Å². The van der Waals surface area contributed by atoms with Gasteiger partial charge in [-0.25, -0.2) is 0 Å². The number of rotatable bonds is 2. The molecule has 0 aromatic carbocycles. The molecule has 0 aromatic heterocycles. The summed E-state index contributed by atoms with van der Waals surface area (Å²) < 4.78 is 5.51.